The van der Waals surface area contributed by atoms with Gasteiger partial charge in [0.05, 0.1) is 5.56 Å². The molecule has 1 aliphatic heterocycles. The molecule has 0 aromatic heterocycles. The van der Waals surface area contributed by atoms with Crippen molar-refractivity contribution in [3.63, 3.8) is 0 Å². The summed E-state index contributed by atoms with van der Waals surface area (Å²) < 4.78 is 68.0. The number of halogens is 5. The summed E-state index contributed by atoms with van der Waals surface area (Å²) in [4.78, 5) is 12.2. The molecule has 1 aromatic rings. The number of piperidine rings is 1. The molecular weight excluding hydrogens is 359 g/mol. The average molecular weight is 378 g/mol. The normalized spacial score (nSPS) is 21.1. The molecule has 1 aliphatic carbocycles. The van der Waals surface area contributed by atoms with E-state index in [1.807, 2.05) is 0 Å². The molecule has 1 saturated carbocycles. The molecule has 3 rings (SSSR count). The van der Waals surface area contributed by atoms with Gasteiger partial charge in [0.25, 0.3) is 11.8 Å². The van der Waals surface area contributed by atoms with Crippen LogP contribution in [0.25, 0.3) is 0 Å². The number of carbonyl (C=O) groups is 1. The minimum atomic E-state index is -4.95. The fourth-order valence-electron chi connectivity index (χ4n) is 3.37. The van der Waals surface area contributed by atoms with E-state index >= 15 is 0 Å². The van der Waals surface area contributed by atoms with Crippen molar-refractivity contribution in [2.45, 2.75) is 49.9 Å². The molecule has 0 bridgehead atoms. The molecule has 1 aromatic carbocycles. The first-order valence-electron chi connectivity index (χ1n) is 8.42. The van der Waals surface area contributed by atoms with Crippen LogP contribution in [-0.2, 0) is 0 Å². The predicted molar refractivity (Wildman–Crippen MR) is 83.4 cm³/mol. The highest BCUT2D eigenvalue weighted by Gasteiger charge is 2.46. The molecule has 0 radical (unpaired) electrons. The summed E-state index contributed by atoms with van der Waals surface area (Å²) in [6.45, 7) is 1.52. The number of benzene rings is 1. The fourth-order valence-corrected chi connectivity index (χ4v) is 3.37. The second-order valence-electron chi connectivity index (χ2n) is 6.76. The number of ether oxygens (including phenoxy) is 1. The third-order valence-electron chi connectivity index (χ3n) is 4.71. The lowest BCUT2D eigenvalue weighted by Crippen LogP contribution is -2.50. The molecule has 2 aliphatic rings. The van der Waals surface area contributed by atoms with Gasteiger partial charge < -0.3 is 15.4 Å². The highest BCUT2D eigenvalue weighted by Crippen LogP contribution is 2.38. The molecule has 1 saturated heterocycles. The zero-order valence-electron chi connectivity index (χ0n) is 13.8. The predicted octanol–water partition coefficient (Wildman–Crippen LogP) is 3.58. The van der Waals surface area contributed by atoms with Gasteiger partial charge in [-0.05, 0) is 49.5 Å². The maximum Gasteiger partial charge on any atom is 0.573 e. The molecule has 1 amide bonds. The average Bonchev–Trinajstić information content (AvgIpc) is 2.52. The Kier molecular flexibility index (Phi) is 5.09. The third-order valence-corrected chi connectivity index (χ3v) is 4.71. The number of hydrogen-bond acceptors (Lipinski definition) is 3. The second-order valence-corrected chi connectivity index (χ2v) is 6.76. The van der Waals surface area contributed by atoms with E-state index in [2.05, 4.69) is 15.4 Å². The Bertz CT molecular complexity index is 664. The van der Waals surface area contributed by atoms with Gasteiger partial charge in [0.1, 0.15) is 5.75 Å². The van der Waals surface area contributed by atoms with Gasteiger partial charge in [-0.1, -0.05) is 6.07 Å². The summed E-state index contributed by atoms with van der Waals surface area (Å²) >= 11 is 0. The van der Waals surface area contributed by atoms with Crippen LogP contribution in [0, 0.1) is 0 Å². The van der Waals surface area contributed by atoms with Crippen LogP contribution in [0.15, 0.2) is 18.2 Å². The van der Waals surface area contributed by atoms with Crippen LogP contribution >= 0.6 is 0 Å². The van der Waals surface area contributed by atoms with Gasteiger partial charge in [-0.15, -0.1) is 13.2 Å². The van der Waals surface area contributed by atoms with Crippen molar-refractivity contribution in [2.75, 3.05) is 13.1 Å². The largest absolute Gasteiger partial charge is 0.573 e. The van der Waals surface area contributed by atoms with Crippen LogP contribution in [0.2, 0.25) is 0 Å². The van der Waals surface area contributed by atoms with E-state index in [0.717, 1.165) is 25.9 Å². The van der Waals surface area contributed by atoms with Crippen LogP contribution in [0.3, 0.4) is 0 Å². The lowest BCUT2D eigenvalue weighted by molar-refractivity contribution is -0.274. The molecule has 2 N–H and O–H groups in total. The van der Waals surface area contributed by atoms with Gasteiger partial charge in [-0.2, -0.15) is 0 Å². The van der Waals surface area contributed by atoms with Crippen molar-refractivity contribution >= 4 is 5.91 Å². The molecule has 0 unspecified atom stereocenters. The van der Waals surface area contributed by atoms with Crippen molar-refractivity contribution in [2.24, 2.45) is 0 Å². The first-order chi connectivity index (χ1) is 12.1. The maximum absolute atomic E-state index is 12.9. The van der Waals surface area contributed by atoms with Gasteiger partial charge in [-0.25, -0.2) is 8.78 Å². The molecule has 4 nitrogen and oxygen atoms in total. The van der Waals surface area contributed by atoms with E-state index in [9.17, 15) is 26.7 Å². The molecule has 144 valence electrons. The summed E-state index contributed by atoms with van der Waals surface area (Å²) in [5.41, 5.74) is 0.354. The summed E-state index contributed by atoms with van der Waals surface area (Å²) in [7, 11) is 0. The van der Waals surface area contributed by atoms with Crippen molar-refractivity contribution in [3.8, 4) is 5.75 Å². The van der Waals surface area contributed by atoms with Crippen molar-refractivity contribution in [3.05, 3.63) is 29.3 Å². The van der Waals surface area contributed by atoms with E-state index in [1.165, 1.54) is 12.1 Å². The smallest absolute Gasteiger partial charge is 0.405 e. The minimum Gasteiger partial charge on any atom is -0.405 e. The Hall–Kier alpha value is -1.90. The van der Waals surface area contributed by atoms with E-state index < -0.39 is 42.8 Å². The lowest BCUT2D eigenvalue weighted by atomic mass is 9.87. The number of alkyl halides is 5. The molecular formula is C17H19F5N2O2. The number of nitrogens with one attached hydrogen (secondary N) is 2. The van der Waals surface area contributed by atoms with Gasteiger partial charge in [0.2, 0.25) is 0 Å². The highest BCUT2D eigenvalue weighted by atomic mass is 19.4. The quantitative estimate of drug-likeness (QED) is 0.788. The zero-order valence-corrected chi connectivity index (χ0v) is 13.8. The Labute approximate surface area is 147 Å². The Morgan fingerprint density at radius 1 is 1.19 bits per heavy atom. The van der Waals surface area contributed by atoms with Crippen LogP contribution in [0.1, 0.15) is 47.5 Å². The molecule has 1 heterocycles. The Balaban J connectivity index is 1.79. The first kappa shape index (κ1) is 18.9. The van der Waals surface area contributed by atoms with E-state index in [1.54, 1.807) is 6.07 Å². The van der Waals surface area contributed by atoms with Crippen LogP contribution in [0.5, 0.6) is 5.75 Å². The van der Waals surface area contributed by atoms with Crippen LogP contribution in [0.4, 0.5) is 22.0 Å². The summed E-state index contributed by atoms with van der Waals surface area (Å²) in [6, 6.07) is 3.35. The molecule has 26 heavy (non-hydrogen) atoms. The number of carbonyl (C=O) groups excluding carboxylic acids is 1. The first-order valence-corrected chi connectivity index (χ1v) is 8.42. The number of rotatable bonds is 4. The third kappa shape index (κ3) is 4.63. The Morgan fingerprint density at radius 3 is 2.42 bits per heavy atom. The molecule has 0 spiro atoms. The maximum atomic E-state index is 12.9. The summed E-state index contributed by atoms with van der Waals surface area (Å²) in [5, 5.41) is 5.51. The Morgan fingerprint density at radius 2 is 1.85 bits per heavy atom. The van der Waals surface area contributed by atoms with Gasteiger partial charge in [0, 0.05) is 18.9 Å². The monoisotopic (exact) mass is 378 g/mol. The highest BCUT2D eigenvalue weighted by molar-refractivity contribution is 5.97. The van der Waals surface area contributed by atoms with E-state index in [0.29, 0.717) is 5.56 Å². The van der Waals surface area contributed by atoms with Crippen molar-refractivity contribution in [1.82, 2.24) is 10.6 Å². The number of amides is 1. The second kappa shape index (κ2) is 7.02. The van der Waals surface area contributed by atoms with Gasteiger partial charge in [-0.3, -0.25) is 4.79 Å². The molecule has 2 fully saturated rings. The minimum absolute atomic E-state index is 0.0780. The summed E-state index contributed by atoms with van der Waals surface area (Å²) in [5.74, 6) is -4.20. The molecule has 9 heteroatoms. The van der Waals surface area contributed by atoms with Crippen molar-refractivity contribution < 1.29 is 31.5 Å². The van der Waals surface area contributed by atoms with Gasteiger partial charge >= 0.3 is 6.36 Å². The van der Waals surface area contributed by atoms with E-state index in [4.69, 9.17) is 0 Å². The summed E-state index contributed by atoms with van der Waals surface area (Å²) in [6.07, 6.45) is -4.43. The SMILES string of the molecule is O=C(NC1CC(F)(F)C1)c1ccc(C2CCNCC2)cc1OC(F)(F)F. The molecule has 0 atom stereocenters. The number of hydrogen-bond donors (Lipinski definition) is 2. The van der Waals surface area contributed by atoms with Crippen LogP contribution in [-0.4, -0.2) is 37.3 Å². The van der Waals surface area contributed by atoms with Crippen LogP contribution < -0.4 is 15.4 Å². The van der Waals surface area contributed by atoms with Crippen molar-refractivity contribution in [1.29, 1.82) is 0 Å². The lowest BCUT2D eigenvalue weighted by Gasteiger charge is -2.35. The van der Waals surface area contributed by atoms with E-state index in [-0.39, 0.29) is 11.5 Å². The fraction of sp³-hybridized carbons (Fsp3) is 0.588. The zero-order chi connectivity index (χ0) is 18.9. The topological polar surface area (TPSA) is 50.4 Å². The standard InChI is InChI=1S/C17H19F5N2O2/c18-16(19)8-12(9-16)24-15(25)13-2-1-11(10-3-5-23-6-4-10)7-14(13)26-17(20,21)22/h1-2,7,10,12,23H,3-6,8-9H2,(H,24,25). The van der Waals surface area contributed by atoms with Gasteiger partial charge in [0.15, 0.2) is 0 Å².